The fourth-order valence-electron chi connectivity index (χ4n) is 2.94. The molecule has 8 heteroatoms. The Labute approximate surface area is 158 Å². The lowest BCUT2D eigenvalue weighted by atomic mass is 9.98. The highest BCUT2D eigenvalue weighted by Crippen LogP contribution is 2.29. The highest BCUT2D eigenvalue weighted by molar-refractivity contribution is 5.85. The zero-order valence-electron chi connectivity index (χ0n) is 14.9. The Kier molecular flexibility index (Phi) is 9.39. The van der Waals surface area contributed by atoms with Gasteiger partial charge in [-0.15, -0.1) is 12.4 Å². The zero-order chi connectivity index (χ0) is 18.3. The minimum atomic E-state index is -4.36. The molecule has 148 valence electrons. The number of carbonyl (C=O) groups is 1. The van der Waals surface area contributed by atoms with Crippen LogP contribution in [-0.2, 0) is 17.4 Å². The molecule has 1 aliphatic rings. The molecule has 1 aromatic carbocycles. The van der Waals surface area contributed by atoms with E-state index in [1.54, 1.807) is 13.0 Å². The van der Waals surface area contributed by atoms with Crippen LogP contribution < -0.4 is 10.6 Å². The molecule has 4 nitrogen and oxygen atoms in total. The van der Waals surface area contributed by atoms with E-state index in [0.29, 0.717) is 18.5 Å². The van der Waals surface area contributed by atoms with Gasteiger partial charge >= 0.3 is 6.18 Å². The van der Waals surface area contributed by atoms with Gasteiger partial charge in [0, 0.05) is 38.6 Å². The Morgan fingerprint density at radius 2 is 2.00 bits per heavy atom. The van der Waals surface area contributed by atoms with Crippen molar-refractivity contribution in [2.24, 2.45) is 5.92 Å². The van der Waals surface area contributed by atoms with E-state index in [-0.39, 0.29) is 24.2 Å². The second-order valence-corrected chi connectivity index (χ2v) is 6.54. The third-order valence-electron chi connectivity index (χ3n) is 4.40. The quantitative estimate of drug-likeness (QED) is 0.700. The van der Waals surface area contributed by atoms with E-state index in [1.807, 2.05) is 0 Å². The minimum absolute atomic E-state index is 0. The number of nitrogens with zero attached hydrogens (tertiary/aromatic N) is 1. The molecule has 0 bridgehead atoms. The van der Waals surface area contributed by atoms with Gasteiger partial charge in [0.1, 0.15) is 0 Å². The molecule has 1 unspecified atom stereocenters. The van der Waals surface area contributed by atoms with E-state index in [2.05, 4.69) is 15.5 Å². The molecule has 1 heterocycles. The van der Waals surface area contributed by atoms with Crippen LogP contribution in [0.1, 0.15) is 24.5 Å². The maximum absolute atomic E-state index is 12.7. The molecule has 0 spiro atoms. The average molecular weight is 394 g/mol. The van der Waals surface area contributed by atoms with Crippen molar-refractivity contribution < 1.29 is 18.0 Å². The first-order chi connectivity index (χ1) is 11.9. The number of nitrogens with one attached hydrogen (secondary N) is 2. The Morgan fingerprint density at radius 1 is 1.31 bits per heavy atom. The van der Waals surface area contributed by atoms with Crippen LogP contribution in [0.2, 0.25) is 0 Å². The molecule has 1 amide bonds. The maximum atomic E-state index is 12.7. The highest BCUT2D eigenvalue weighted by Gasteiger charge is 2.30. The van der Waals surface area contributed by atoms with E-state index in [0.717, 1.165) is 51.3 Å². The number of benzene rings is 1. The zero-order valence-corrected chi connectivity index (χ0v) is 15.8. The molecule has 0 aromatic heterocycles. The fourth-order valence-corrected chi connectivity index (χ4v) is 2.94. The van der Waals surface area contributed by atoms with Crippen LogP contribution in [0.3, 0.4) is 0 Å². The molecule has 26 heavy (non-hydrogen) atoms. The third kappa shape index (κ3) is 7.51. The smallest absolute Gasteiger partial charge is 0.356 e. The lowest BCUT2D eigenvalue weighted by Gasteiger charge is -2.27. The molecule has 0 radical (unpaired) electrons. The summed E-state index contributed by atoms with van der Waals surface area (Å²) in [5.41, 5.74) is -0.146. The van der Waals surface area contributed by atoms with Crippen molar-refractivity contribution >= 4 is 18.3 Å². The molecular formula is C18H27ClF3N3O. The van der Waals surface area contributed by atoms with Crippen molar-refractivity contribution in [3.05, 3.63) is 35.4 Å². The molecule has 0 aliphatic carbocycles. The van der Waals surface area contributed by atoms with Gasteiger partial charge in [-0.25, -0.2) is 0 Å². The van der Waals surface area contributed by atoms with E-state index in [9.17, 15) is 18.0 Å². The summed E-state index contributed by atoms with van der Waals surface area (Å²) in [4.78, 5) is 14.5. The maximum Gasteiger partial charge on any atom is 0.416 e. The van der Waals surface area contributed by atoms with E-state index in [4.69, 9.17) is 0 Å². The number of hydrogen-bond acceptors (Lipinski definition) is 3. The summed E-state index contributed by atoms with van der Waals surface area (Å²) >= 11 is 0. The van der Waals surface area contributed by atoms with Gasteiger partial charge in [0.05, 0.1) is 5.56 Å². The number of hydrogen-bond donors (Lipinski definition) is 2. The van der Waals surface area contributed by atoms with Crippen molar-refractivity contribution in [1.82, 2.24) is 15.5 Å². The van der Waals surface area contributed by atoms with Gasteiger partial charge in [-0.2, -0.15) is 13.2 Å². The van der Waals surface area contributed by atoms with Gasteiger partial charge in [-0.1, -0.05) is 25.1 Å². The third-order valence-corrected chi connectivity index (χ3v) is 4.40. The van der Waals surface area contributed by atoms with Crippen molar-refractivity contribution in [1.29, 1.82) is 0 Å². The number of halogens is 4. The molecule has 1 atom stereocenters. The summed E-state index contributed by atoms with van der Waals surface area (Å²) in [7, 11) is 0. The largest absolute Gasteiger partial charge is 0.416 e. The van der Waals surface area contributed by atoms with Crippen molar-refractivity contribution in [3.63, 3.8) is 0 Å². The highest BCUT2D eigenvalue weighted by atomic mass is 35.5. The Balaban J connectivity index is 0.00000338. The summed E-state index contributed by atoms with van der Waals surface area (Å²) in [5.74, 6) is -0.472. The normalized spacial score (nSPS) is 16.6. The molecule has 1 aromatic rings. The minimum Gasteiger partial charge on any atom is -0.356 e. The second kappa shape index (κ2) is 10.7. The molecule has 1 saturated heterocycles. The molecule has 0 saturated carbocycles. The van der Waals surface area contributed by atoms with Gasteiger partial charge in [0.25, 0.3) is 0 Å². The van der Waals surface area contributed by atoms with Gasteiger partial charge in [0.15, 0.2) is 0 Å². The van der Waals surface area contributed by atoms with Crippen LogP contribution in [0, 0.1) is 5.92 Å². The van der Waals surface area contributed by atoms with Crippen LogP contribution in [-0.4, -0.2) is 50.1 Å². The van der Waals surface area contributed by atoms with Gasteiger partial charge in [0.2, 0.25) is 5.91 Å². The predicted octanol–water partition coefficient (Wildman–Crippen LogP) is 2.72. The average Bonchev–Trinajstić information content (AvgIpc) is 2.59. The molecule has 1 fully saturated rings. The number of amides is 1. The molecule has 2 rings (SSSR count). The second-order valence-electron chi connectivity index (χ2n) is 6.54. The van der Waals surface area contributed by atoms with Crippen LogP contribution in [0.15, 0.2) is 24.3 Å². The first-order valence-corrected chi connectivity index (χ1v) is 8.73. The lowest BCUT2D eigenvalue weighted by Crippen LogP contribution is -2.44. The summed E-state index contributed by atoms with van der Waals surface area (Å²) in [6, 6.07) is 5.18. The topological polar surface area (TPSA) is 44.4 Å². The Bertz CT molecular complexity index is 563. The number of carbonyl (C=O) groups excluding carboxylic acids is 1. The molecule has 1 aliphatic heterocycles. The van der Waals surface area contributed by atoms with Crippen LogP contribution in [0.4, 0.5) is 13.2 Å². The van der Waals surface area contributed by atoms with E-state index in [1.165, 1.54) is 6.07 Å². The molecular weight excluding hydrogens is 367 g/mol. The van der Waals surface area contributed by atoms with Crippen molar-refractivity contribution in [2.45, 2.75) is 25.9 Å². The summed E-state index contributed by atoms with van der Waals surface area (Å²) < 4.78 is 38.2. The standard InChI is InChI=1S/C18H26F3N3O.ClH/c1-14(12-15-4-2-5-16(13-15)18(19,20)21)17(25)23-6-3-9-24-10-7-22-8-11-24;/h2,4-5,13-14,22H,3,6-12H2,1H3,(H,23,25);1H. The van der Waals surface area contributed by atoms with Gasteiger partial charge in [-0.05, 0) is 31.0 Å². The van der Waals surface area contributed by atoms with Crippen LogP contribution in [0.25, 0.3) is 0 Å². The first-order valence-electron chi connectivity index (χ1n) is 8.73. The predicted molar refractivity (Wildman–Crippen MR) is 98.5 cm³/mol. The summed E-state index contributed by atoms with van der Waals surface area (Å²) in [5, 5.41) is 6.18. The van der Waals surface area contributed by atoms with E-state index < -0.39 is 11.7 Å². The Hall–Kier alpha value is -1.31. The van der Waals surface area contributed by atoms with E-state index >= 15 is 0 Å². The van der Waals surface area contributed by atoms with Gasteiger partial charge in [-0.3, -0.25) is 4.79 Å². The number of alkyl halides is 3. The Morgan fingerprint density at radius 3 is 2.65 bits per heavy atom. The fraction of sp³-hybridized carbons (Fsp3) is 0.611. The van der Waals surface area contributed by atoms with Crippen molar-refractivity contribution in [3.8, 4) is 0 Å². The van der Waals surface area contributed by atoms with Crippen LogP contribution in [0.5, 0.6) is 0 Å². The number of rotatable bonds is 7. The molecule has 2 N–H and O–H groups in total. The summed E-state index contributed by atoms with van der Waals surface area (Å²) in [6.45, 7) is 7.34. The van der Waals surface area contributed by atoms with Crippen molar-refractivity contribution in [2.75, 3.05) is 39.3 Å². The monoisotopic (exact) mass is 393 g/mol. The first kappa shape index (κ1) is 22.7. The van der Waals surface area contributed by atoms with Gasteiger partial charge < -0.3 is 15.5 Å². The SMILES string of the molecule is CC(Cc1cccc(C(F)(F)F)c1)C(=O)NCCCN1CCNCC1.Cl. The lowest BCUT2D eigenvalue weighted by molar-refractivity contribution is -0.137. The van der Waals surface area contributed by atoms with Crippen LogP contribution >= 0.6 is 12.4 Å². The summed E-state index contributed by atoms with van der Waals surface area (Å²) in [6.07, 6.45) is -3.18. The number of piperazine rings is 1.